The number of nitrogens with zero attached hydrogens (tertiary/aromatic N) is 3. The van der Waals surface area contributed by atoms with E-state index >= 15 is 4.39 Å². The van der Waals surface area contributed by atoms with Gasteiger partial charge in [-0.1, -0.05) is 11.6 Å². The van der Waals surface area contributed by atoms with Gasteiger partial charge in [0.1, 0.15) is 0 Å². The van der Waals surface area contributed by atoms with Crippen molar-refractivity contribution in [3.05, 3.63) is 35.5 Å². The molecule has 2 aromatic rings. The first-order chi connectivity index (χ1) is 13.0. The molecule has 0 bridgehead atoms. The topological polar surface area (TPSA) is 77.7 Å². The summed E-state index contributed by atoms with van der Waals surface area (Å²) in [5.74, 6) is 1.55. The van der Waals surface area contributed by atoms with Gasteiger partial charge in [-0.2, -0.15) is 4.98 Å². The smallest absolute Gasteiger partial charge is 0.266 e. The van der Waals surface area contributed by atoms with Crippen LogP contribution in [0.4, 0.5) is 4.39 Å². The number of hydrogen-bond donors (Lipinski definition) is 0. The molecule has 1 aliphatic carbocycles. The maximum atomic E-state index is 15.4. The molecule has 1 aromatic heterocycles. The van der Waals surface area contributed by atoms with Crippen molar-refractivity contribution < 1.29 is 23.2 Å². The van der Waals surface area contributed by atoms with Gasteiger partial charge in [0.05, 0.1) is 20.8 Å². The summed E-state index contributed by atoms with van der Waals surface area (Å²) in [6.45, 7) is 0.178. The third-order valence-corrected chi connectivity index (χ3v) is 5.43. The fraction of sp³-hybridized carbons (Fsp3) is 0.526. The van der Waals surface area contributed by atoms with Crippen molar-refractivity contribution in [2.24, 2.45) is 0 Å². The molecule has 2 heterocycles. The first-order valence-electron chi connectivity index (χ1n) is 9.08. The van der Waals surface area contributed by atoms with E-state index in [0.717, 1.165) is 19.3 Å². The van der Waals surface area contributed by atoms with E-state index in [-0.39, 0.29) is 37.2 Å². The van der Waals surface area contributed by atoms with Crippen LogP contribution in [0, 0.1) is 0 Å². The summed E-state index contributed by atoms with van der Waals surface area (Å²) in [4.78, 5) is 18.5. The van der Waals surface area contributed by atoms with Crippen molar-refractivity contribution in [3.63, 3.8) is 0 Å². The second-order valence-electron chi connectivity index (χ2n) is 7.10. The molecule has 0 N–H and O–H groups in total. The second kappa shape index (κ2) is 6.83. The Morgan fingerprint density at radius 3 is 2.74 bits per heavy atom. The van der Waals surface area contributed by atoms with E-state index in [4.69, 9.17) is 14.0 Å². The molecule has 0 radical (unpaired) electrons. The lowest BCUT2D eigenvalue weighted by atomic mass is 9.85. The largest absolute Gasteiger partial charge is 0.493 e. The average Bonchev–Trinajstić information content (AvgIpc) is 3.27. The minimum absolute atomic E-state index is 0.0213. The van der Waals surface area contributed by atoms with Crippen LogP contribution in [0.2, 0.25) is 0 Å². The molecule has 4 rings (SSSR count). The summed E-state index contributed by atoms with van der Waals surface area (Å²) in [6.07, 6.45) is 3.31. The highest BCUT2D eigenvalue weighted by molar-refractivity contribution is 5.95. The number of halogens is 1. The number of carbonyl (C=O) groups is 1. The number of carbonyl (C=O) groups excluding carboxylic acids is 1. The Morgan fingerprint density at radius 2 is 2.07 bits per heavy atom. The number of ether oxygens (including phenoxy) is 2. The molecule has 1 saturated carbocycles. The molecule has 2 fully saturated rings. The lowest BCUT2D eigenvalue weighted by molar-refractivity contribution is 0.0716. The van der Waals surface area contributed by atoms with Crippen LogP contribution in [0.25, 0.3) is 0 Å². The normalized spacial score (nSPS) is 22.6. The Morgan fingerprint density at radius 1 is 1.30 bits per heavy atom. The van der Waals surface area contributed by atoms with E-state index < -0.39 is 5.67 Å². The first kappa shape index (κ1) is 17.8. The fourth-order valence-electron chi connectivity index (χ4n) is 3.52. The molecule has 0 spiro atoms. The molecule has 144 valence electrons. The Bertz CT molecular complexity index is 851. The molecule has 8 heteroatoms. The van der Waals surface area contributed by atoms with E-state index in [0.29, 0.717) is 22.9 Å². The zero-order chi connectivity index (χ0) is 19.0. The highest BCUT2D eigenvalue weighted by Gasteiger charge is 2.47. The van der Waals surface area contributed by atoms with E-state index in [9.17, 15) is 4.79 Å². The summed E-state index contributed by atoms with van der Waals surface area (Å²) in [5.41, 5.74) is -1.39. The molecule has 1 amide bonds. The van der Waals surface area contributed by atoms with Crippen molar-refractivity contribution >= 4 is 5.91 Å². The highest BCUT2D eigenvalue weighted by Crippen LogP contribution is 2.39. The predicted octanol–water partition coefficient (Wildman–Crippen LogP) is 3.07. The SMILES string of the molecule is COc1ccc(C(=O)N2CCC(F)(c3nc(C4CCC4)no3)C2)cc1OC. The van der Waals surface area contributed by atoms with Gasteiger partial charge in [-0.25, -0.2) is 4.39 Å². The summed E-state index contributed by atoms with van der Waals surface area (Å²) in [5, 5.41) is 3.94. The van der Waals surface area contributed by atoms with Gasteiger partial charge < -0.3 is 18.9 Å². The molecular formula is C19H22FN3O4. The van der Waals surface area contributed by atoms with Crippen molar-refractivity contribution in [3.8, 4) is 11.5 Å². The van der Waals surface area contributed by atoms with Gasteiger partial charge in [-0.15, -0.1) is 0 Å². The Kier molecular flexibility index (Phi) is 4.49. The number of alkyl halides is 1. The van der Waals surface area contributed by atoms with Crippen LogP contribution >= 0.6 is 0 Å². The summed E-state index contributed by atoms with van der Waals surface area (Å²) < 4.78 is 31.0. The number of likely N-dealkylation sites (tertiary alicyclic amines) is 1. The third-order valence-electron chi connectivity index (χ3n) is 5.43. The zero-order valence-corrected chi connectivity index (χ0v) is 15.4. The maximum Gasteiger partial charge on any atom is 0.266 e. The van der Waals surface area contributed by atoms with E-state index in [1.165, 1.54) is 19.1 Å². The average molecular weight is 375 g/mol. The first-order valence-corrected chi connectivity index (χ1v) is 9.08. The van der Waals surface area contributed by atoms with Gasteiger partial charge >= 0.3 is 0 Å². The number of amides is 1. The third kappa shape index (κ3) is 3.13. The summed E-state index contributed by atoms with van der Waals surface area (Å²) in [6, 6.07) is 4.90. The van der Waals surface area contributed by atoms with Crippen molar-refractivity contribution in [2.45, 2.75) is 37.3 Å². The summed E-state index contributed by atoms with van der Waals surface area (Å²) in [7, 11) is 3.03. The van der Waals surface area contributed by atoms with Gasteiger partial charge in [-0.05, 0) is 31.0 Å². The van der Waals surface area contributed by atoms with Crippen LogP contribution < -0.4 is 9.47 Å². The van der Waals surface area contributed by atoms with Crippen molar-refractivity contribution in [2.75, 3.05) is 27.3 Å². The molecule has 1 unspecified atom stereocenters. The summed E-state index contributed by atoms with van der Waals surface area (Å²) >= 11 is 0. The molecule has 27 heavy (non-hydrogen) atoms. The highest BCUT2D eigenvalue weighted by atomic mass is 19.1. The quantitative estimate of drug-likeness (QED) is 0.799. The van der Waals surface area contributed by atoms with Crippen molar-refractivity contribution in [1.29, 1.82) is 0 Å². The Balaban J connectivity index is 1.50. The molecule has 1 atom stereocenters. The second-order valence-corrected chi connectivity index (χ2v) is 7.10. The Hall–Kier alpha value is -2.64. The molecule has 1 aromatic carbocycles. The standard InChI is InChI=1S/C19H22FN3O4/c1-25-14-7-6-13(10-15(14)26-2)17(24)23-9-8-19(20,11-23)18-21-16(22-27-18)12-4-3-5-12/h6-7,10,12H,3-5,8-9,11H2,1-2H3. The molecule has 2 aliphatic rings. The zero-order valence-electron chi connectivity index (χ0n) is 15.4. The van der Waals surface area contributed by atoms with Crippen LogP contribution in [0.1, 0.15) is 53.7 Å². The Labute approximate surface area is 156 Å². The van der Waals surface area contributed by atoms with Crippen LogP contribution in [-0.4, -0.2) is 48.3 Å². The molecular weight excluding hydrogens is 353 g/mol. The minimum atomic E-state index is -1.80. The van der Waals surface area contributed by atoms with Crippen LogP contribution in [0.3, 0.4) is 0 Å². The molecule has 1 saturated heterocycles. The maximum absolute atomic E-state index is 15.4. The number of hydrogen-bond acceptors (Lipinski definition) is 6. The number of rotatable bonds is 5. The van der Waals surface area contributed by atoms with Gasteiger partial charge in [0.25, 0.3) is 11.8 Å². The van der Waals surface area contributed by atoms with Crippen molar-refractivity contribution in [1.82, 2.24) is 15.0 Å². The monoisotopic (exact) mass is 375 g/mol. The number of aromatic nitrogens is 2. The van der Waals surface area contributed by atoms with Crippen LogP contribution in [-0.2, 0) is 5.67 Å². The molecule has 7 nitrogen and oxygen atoms in total. The molecule has 1 aliphatic heterocycles. The van der Waals surface area contributed by atoms with E-state index in [1.54, 1.807) is 18.2 Å². The van der Waals surface area contributed by atoms with Crippen LogP contribution in [0.5, 0.6) is 11.5 Å². The van der Waals surface area contributed by atoms with Gasteiger partial charge in [-0.3, -0.25) is 4.79 Å². The van der Waals surface area contributed by atoms with Gasteiger partial charge in [0.2, 0.25) is 5.67 Å². The predicted molar refractivity (Wildman–Crippen MR) is 93.7 cm³/mol. The number of methoxy groups -OCH3 is 2. The minimum Gasteiger partial charge on any atom is -0.493 e. The number of benzene rings is 1. The van der Waals surface area contributed by atoms with Gasteiger partial charge in [0.15, 0.2) is 17.3 Å². The lowest BCUT2D eigenvalue weighted by Crippen LogP contribution is -2.32. The van der Waals surface area contributed by atoms with Gasteiger partial charge in [0, 0.05) is 24.4 Å². The van der Waals surface area contributed by atoms with Crippen LogP contribution in [0.15, 0.2) is 22.7 Å². The van der Waals surface area contributed by atoms with E-state index in [2.05, 4.69) is 10.1 Å². The van der Waals surface area contributed by atoms with E-state index in [1.807, 2.05) is 0 Å². The fourth-order valence-corrected chi connectivity index (χ4v) is 3.52. The lowest BCUT2D eigenvalue weighted by Gasteiger charge is -2.21.